The van der Waals surface area contributed by atoms with Gasteiger partial charge in [0.25, 0.3) is 5.91 Å². The molecule has 1 saturated heterocycles. The summed E-state index contributed by atoms with van der Waals surface area (Å²) in [5.41, 5.74) is 5.45. The predicted molar refractivity (Wildman–Crippen MR) is 98.5 cm³/mol. The Balaban J connectivity index is 0.00000312. The first kappa shape index (κ1) is 21.9. The third-order valence-electron chi connectivity index (χ3n) is 3.91. The molecule has 1 aliphatic heterocycles. The van der Waals surface area contributed by atoms with Crippen molar-refractivity contribution in [1.29, 1.82) is 0 Å². The van der Waals surface area contributed by atoms with E-state index in [-0.39, 0.29) is 35.9 Å². The first-order valence-electron chi connectivity index (χ1n) is 7.97. The van der Waals surface area contributed by atoms with Crippen molar-refractivity contribution in [3.63, 3.8) is 0 Å². The van der Waals surface area contributed by atoms with Crippen LogP contribution in [0.15, 0.2) is 29.2 Å². The summed E-state index contributed by atoms with van der Waals surface area (Å²) in [6, 6.07) is 5.82. The number of hydrogen-bond donors (Lipinski definition) is 3. The number of sulfonamides is 1. The Morgan fingerprint density at radius 2 is 1.96 bits per heavy atom. The van der Waals surface area contributed by atoms with E-state index >= 15 is 0 Å². The third-order valence-corrected chi connectivity index (χ3v) is 5.35. The molecule has 0 bridgehead atoms. The molecule has 9 heteroatoms. The highest BCUT2D eigenvalue weighted by Gasteiger charge is 2.22. The van der Waals surface area contributed by atoms with E-state index in [1.54, 1.807) is 0 Å². The molecule has 0 saturated carbocycles. The summed E-state index contributed by atoms with van der Waals surface area (Å²) in [7, 11) is -3.61. The van der Waals surface area contributed by atoms with E-state index in [4.69, 9.17) is 10.5 Å². The summed E-state index contributed by atoms with van der Waals surface area (Å²) >= 11 is 0. The fraction of sp³-hybridized carbons (Fsp3) is 0.562. The summed E-state index contributed by atoms with van der Waals surface area (Å²) < 4.78 is 32.5. The second kappa shape index (κ2) is 8.95. The zero-order valence-electron chi connectivity index (χ0n) is 14.4. The van der Waals surface area contributed by atoms with E-state index in [1.807, 2.05) is 13.8 Å². The molecular weight excluding hydrogens is 366 g/mol. The van der Waals surface area contributed by atoms with E-state index < -0.39 is 15.6 Å². The standard InChI is InChI=1S/C16H25N3O4S.ClH/c1-16(2,11-17)19-15(20)12-5-7-14(8-6-12)24(21,22)18-10-13-4-3-9-23-13;/h5-8,13,18H,3-4,9-11,17H2,1-2H3,(H,19,20);1H. The van der Waals surface area contributed by atoms with Crippen molar-refractivity contribution in [3.8, 4) is 0 Å². The molecule has 25 heavy (non-hydrogen) atoms. The van der Waals surface area contributed by atoms with Crippen LogP contribution in [-0.4, -0.2) is 45.7 Å². The van der Waals surface area contributed by atoms with Gasteiger partial charge in [-0.05, 0) is 51.0 Å². The zero-order chi connectivity index (χ0) is 17.8. The number of hydrogen-bond acceptors (Lipinski definition) is 5. The van der Waals surface area contributed by atoms with Gasteiger partial charge in [0, 0.05) is 30.8 Å². The number of nitrogens with one attached hydrogen (secondary N) is 2. The molecule has 1 aromatic carbocycles. The van der Waals surface area contributed by atoms with Crippen LogP contribution in [0.3, 0.4) is 0 Å². The second-order valence-corrected chi connectivity index (χ2v) is 8.32. The molecule has 1 aromatic rings. The van der Waals surface area contributed by atoms with Crippen LogP contribution in [0.25, 0.3) is 0 Å². The lowest BCUT2D eigenvalue weighted by molar-refractivity contribution is 0.0915. The van der Waals surface area contributed by atoms with Gasteiger partial charge in [0.1, 0.15) is 0 Å². The van der Waals surface area contributed by atoms with Gasteiger partial charge in [0.2, 0.25) is 10.0 Å². The molecule has 0 spiro atoms. The first-order valence-corrected chi connectivity index (χ1v) is 9.46. The normalized spacial score (nSPS) is 17.8. The van der Waals surface area contributed by atoms with Crippen molar-refractivity contribution < 1.29 is 17.9 Å². The molecule has 142 valence electrons. The van der Waals surface area contributed by atoms with Crippen LogP contribution in [0.5, 0.6) is 0 Å². The zero-order valence-corrected chi connectivity index (χ0v) is 16.1. The maximum Gasteiger partial charge on any atom is 0.251 e. The highest BCUT2D eigenvalue weighted by Crippen LogP contribution is 2.14. The maximum atomic E-state index is 12.3. The molecule has 0 radical (unpaired) electrons. The van der Waals surface area contributed by atoms with Crippen molar-refractivity contribution in [2.45, 2.75) is 43.2 Å². The van der Waals surface area contributed by atoms with Gasteiger partial charge in [-0.3, -0.25) is 4.79 Å². The van der Waals surface area contributed by atoms with Crippen molar-refractivity contribution in [1.82, 2.24) is 10.0 Å². The molecule has 1 amide bonds. The van der Waals surface area contributed by atoms with Crippen LogP contribution in [0.4, 0.5) is 0 Å². The number of amides is 1. The summed E-state index contributed by atoms with van der Waals surface area (Å²) in [4.78, 5) is 12.3. The number of rotatable bonds is 7. The smallest absolute Gasteiger partial charge is 0.251 e. The first-order chi connectivity index (χ1) is 11.2. The number of halogens is 1. The molecule has 1 aliphatic rings. The lowest BCUT2D eigenvalue weighted by Gasteiger charge is -2.24. The number of carbonyl (C=O) groups excluding carboxylic acids is 1. The van der Waals surface area contributed by atoms with Crippen LogP contribution in [0.2, 0.25) is 0 Å². The molecule has 4 N–H and O–H groups in total. The quantitative estimate of drug-likeness (QED) is 0.643. The molecule has 1 unspecified atom stereocenters. The molecule has 1 heterocycles. The number of carbonyl (C=O) groups is 1. The van der Waals surface area contributed by atoms with Crippen molar-refractivity contribution in [2.75, 3.05) is 19.7 Å². The van der Waals surface area contributed by atoms with Gasteiger partial charge in [-0.1, -0.05) is 0 Å². The summed E-state index contributed by atoms with van der Waals surface area (Å²) in [5.74, 6) is -0.290. The van der Waals surface area contributed by atoms with E-state index in [9.17, 15) is 13.2 Å². The topological polar surface area (TPSA) is 111 Å². The van der Waals surface area contributed by atoms with Crippen LogP contribution >= 0.6 is 12.4 Å². The highest BCUT2D eigenvalue weighted by atomic mass is 35.5. The van der Waals surface area contributed by atoms with E-state index in [0.717, 1.165) is 12.8 Å². The Hall–Kier alpha value is -1.19. The fourth-order valence-corrected chi connectivity index (χ4v) is 3.37. The molecule has 1 fully saturated rings. The molecule has 7 nitrogen and oxygen atoms in total. The number of benzene rings is 1. The highest BCUT2D eigenvalue weighted by molar-refractivity contribution is 7.89. The average Bonchev–Trinajstić information content (AvgIpc) is 3.06. The number of ether oxygens (including phenoxy) is 1. The van der Waals surface area contributed by atoms with E-state index in [2.05, 4.69) is 10.0 Å². The Morgan fingerprint density at radius 3 is 2.48 bits per heavy atom. The lowest BCUT2D eigenvalue weighted by Crippen LogP contribution is -2.48. The van der Waals surface area contributed by atoms with Gasteiger partial charge >= 0.3 is 0 Å². The largest absolute Gasteiger partial charge is 0.377 e. The Kier molecular flexibility index (Phi) is 7.83. The Morgan fingerprint density at radius 1 is 1.32 bits per heavy atom. The minimum Gasteiger partial charge on any atom is -0.377 e. The van der Waals surface area contributed by atoms with Crippen LogP contribution in [-0.2, 0) is 14.8 Å². The summed E-state index contributed by atoms with van der Waals surface area (Å²) in [5, 5.41) is 2.80. The minimum absolute atomic E-state index is 0. The van der Waals surface area contributed by atoms with E-state index in [0.29, 0.717) is 18.7 Å². The molecular formula is C16H26ClN3O4S. The van der Waals surface area contributed by atoms with Gasteiger partial charge < -0.3 is 15.8 Å². The van der Waals surface area contributed by atoms with Crippen LogP contribution in [0.1, 0.15) is 37.0 Å². The molecule has 1 atom stereocenters. The van der Waals surface area contributed by atoms with Gasteiger partial charge in [-0.25, -0.2) is 13.1 Å². The van der Waals surface area contributed by atoms with Gasteiger partial charge in [0.05, 0.1) is 11.0 Å². The molecule has 2 rings (SSSR count). The van der Waals surface area contributed by atoms with Gasteiger partial charge in [0.15, 0.2) is 0 Å². The Labute approximate surface area is 155 Å². The fourth-order valence-electron chi connectivity index (χ4n) is 2.31. The van der Waals surface area contributed by atoms with Crippen molar-refractivity contribution >= 4 is 28.3 Å². The predicted octanol–water partition coefficient (Wildman–Crippen LogP) is 1.03. The Bertz CT molecular complexity index is 671. The lowest BCUT2D eigenvalue weighted by atomic mass is 10.1. The SMILES string of the molecule is CC(C)(CN)NC(=O)c1ccc(S(=O)(=O)NCC2CCCO2)cc1.Cl. The summed E-state index contributed by atoms with van der Waals surface area (Å²) in [6.45, 7) is 4.88. The maximum absolute atomic E-state index is 12.3. The van der Waals surface area contributed by atoms with Gasteiger partial charge in [-0.2, -0.15) is 0 Å². The van der Waals surface area contributed by atoms with Crippen LogP contribution < -0.4 is 15.8 Å². The molecule has 0 aromatic heterocycles. The third kappa shape index (κ3) is 6.23. The second-order valence-electron chi connectivity index (χ2n) is 6.55. The van der Waals surface area contributed by atoms with Crippen molar-refractivity contribution in [2.24, 2.45) is 5.73 Å². The molecule has 0 aliphatic carbocycles. The number of nitrogens with two attached hydrogens (primary N) is 1. The average molecular weight is 392 g/mol. The minimum atomic E-state index is -3.61. The summed E-state index contributed by atoms with van der Waals surface area (Å²) in [6.07, 6.45) is 1.75. The van der Waals surface area contributed by atoms with E-state index in [1.165, 1.54) is 24.3 Å². The van der Waals surface area contributed by atoms with Crippen LogP contribution in [0, 0.1) is 0 Å². The van der Waals surface area contributed by atoms with Gasteiger partial charge in [-0.15, -0.1) is 12.4 Å². The van der Waals surface area contributed by atoms with Crippen molar-refractivity contribution in [3.05, 3.63) is 29.8 Å². The monoisotopic (exact) mass is 391 g/mol.